The SMILES string of the molecule is FC(F)(F)c1ccccc1NN1CCCCC1. The second kappa shape index (κ2) is 4.96. The minimum absolute atomic E-state index is 0.141. The first kappa shape index (κ1) is 12.2. The molecule has 0 spiro atoms. The van der Waals surface area contributed by atoms with Gasteiger partial charge in [0.05, 0.1) is 11.3 Å². The zero-order chi connectivity index (χ0) is 12.3. The van der Waals surface area contributed by atoms with Crippen LogP contribution in [0.5, 0.6) is 0 Å². The van der Waals surface area contributed by atoms with Gasteiger partial charge in [-0.3, -0.25) is 0 Å². The molecular weight excluding hydrogens is 229 g/mol. The highest BCUT2D eigenvalue weighted by Gasteiger charge is 2.33. The summed E-state index contributed by atoms with van der Waals surface area (Å²) in [7, 11) is 0. The summed E-state index contributed by atoms with van der Waals surface area (Å²) in [6.45, 7) is 1.60. The fraction of sp³-hybridized carbons (Fsp3) is 0.500. The van der Waals surface area contributed by atoms with Gasteiger partial charge in [-0.15, -0.1) is 0 Å². The van der Waals surface area contributed by atoms with E-state index in [1.165, 1.54) is 12.1 Å². The molecule has 17 heavy (non-hydrogen) atoms. The van der Waals surface area contributed by atoms with E-state index in [1.807, 2.05) is 5.01 Å². The van der Waals surface area contributed by atoms with E-state index < -0.39 is 11.7 Å². The van der Waals surface area contributed by atoms with Crippen LogP contribution >= 0.6 is 0 Å². The van der Waals surface area contributed by atoms with Gasteiger partial charge >= 0.3 is 6.18 Å². The average molecular weight is 244 g/mol. The molecule has 1 aliphatic heterocycles. The Morgan fingerprint density at radius 3 is 2.29 bits per heavy atom. The van der Waals surface area contributed by atoms with Gasteiger partial charge in [-0.05, 0) is 25.0 Å². The van der Waals surface area contributed by atoms with Crippen molar-refractivity contribution in [2.24, 2.45) is 0 Å². The van der Waals surface area contributed by atoms with Crippen molar-refractivity contribution < 1.29 is 13.2 Å². The number of halogens is 3. The number of benzene rings is 1. The number of nitrogens with one attached hydrogen (secondary N) is 1. The van der Waals surface area contributed by atoms with Crippen molar-refractivity contribution in [3.8, 4) is 0 Å². The Morgan fingerprint density at radius 1 is 1.00 bits per heavy atom. The maximum atomic E-state index is 12.7. The number of hydrogen-bond acceptors (Lipinski definition) is 2. The van der Waals surface area contributed by atoms with Crippen LogP contribution < -0.4 is 5.43 Å². The number of hydrazine groups is 1. The van der Waals surface area contributed by atoms with Crippen LogP contribution in [-0.4, -0.2) is 18.1 Å². The lowest BCUT2D eigenvalue weighted by atomic mass is 10.1. The molecule has 1 fully saturated rings. The van der Waals surface area contributed by atoms with Crippen LogP contribution in [0.4, 0.5) is 18.9 Å². The fourth-order valence-corrected chi connectivity index (χ4v) is 2.00. The third-order valence-corrected chi connectivity index (χ3v) is 2.87. The lowest BCUT2D eigenvalue weighted by molar-refractivity contribution is -0.137. The van der Waals surface area contributed by atoms with E-state index in [4.69, 9.17) is 0 Å². The highest BCUT2D eigenvalue weighted by atomic mass is 19.4. The van der Waals surface area contributed by atoms with Gasteiger partial charge in [0.25, 0.3) is 0 Å². The van der Waals surface area contributed by atoms with Gasteiger partial charge in [0.15, 0.2) is 0 Å². The van der Waals surface area contributed by atoms with E-state index in [0.717, 1.165) is 38.4 Å². The Labute approximate surface area is 98.4 Å². The van der Waals surface area contributed by atoms with E-state index in [0.29, 0.717) is 0 Å². The molecule has 0 aliphatic carbocycles. The first-order valence-corrected chi connectivity index (χ1v) is 5.75. The Bertz CT molecular complexity index is 370. The van der Waals surface area contributed by atoms with E-state index in [-0.39, 0.29) is 5.69 Å². The molecule has 0 atom stereocenters. The largest absolute Gasteiger partial charge is 0.418 e. The minimum atomic E-state index is -4.31. The van der Waals surface area contributed by atoms with Crippen molar-refractivity contribution in [1.82, 2.24) is 5.01 Å². The highest BCUT2D eigenvalue weighted by molar-refractivity contribution is 5.51. The van der Waals surface area contributed by atoms with Crippen molar-refractivity contribution >= 4 is 5.69 Å². The van der Waals surface area contributed by atoms with Crippen molar-refractivity contribution in [2.75, 3.05) is 18.5 Å². The van der Waals surface area contributed by atoms with Crippen LogP contribution in [0.3, 0.4) is 0 Å². The molecule has 2 nitrogen and oxygen atoms in total. The van der Waals surface area contributed by atoms with E-state index in [9.17, 15) is 13.2 Å². The number of nitrogens with zero attached hydrogens (tertiary/aromatic N) is 1. The van der Waals surface area contributed by atoms with Gasteiger partial charge in [-0.1, -0.05) is 18.6 Å². The predicted molar refractivity (Wildman–Crippen MR) is 60.5 cm³/mol. The highest BCUT2D eigenvalue weighted by Crippen LogP contribution is 2.34. The van der Waals surface area contributed by atoms with Crippen LogP contribution in [0.25, 0.3) is 0 Å². The number of piperidine rings is 1. The molecule has 2 rings (SSSR count). The maximum Gasteiger partial charge on any atom is 0.418 e. The average Bonchev–Trinajstić information content (AvgIpc) is 2.30. The molecule has 1 aromatic rings. The second-order valence-corrected chi connectivity index (χ2v) is 4.20. The Kier molecular flexibility index (Phi) is 3.57. The molecular formula is C12H15F3N2. The van der Waals surface area contributed by atoms with E-state index in [2.05, 4.69) is 5.43 Å². The number of para-hydroxylation sites is 1. The summed E-state index contributed by atoms with van der Waals surface area (Å²) in [5.41, 5.74) is 2.40. The summed E-state index contributed by atoms with van der Waals surface area (Å²) in [5.74, 6) is 0. The summed E-state index contributed by atoms with van der Waals surface area (Å²) < 4.78 is 38.2. The van der Waals surface area contributed by atoms with Gasteiger partial charge in [0, 0.05) is 13.1 Å². The maximum absolute atomic E-state index is 12.7. The summed E-state index contributed by atoms with van der Waals surface area (Å²) >= 11 is 0. The first-order valence-electron chi connectivity index (χ1n) is 5.75. The van der Waals surface area contributed by atoms with Crippen LogP contribution in [0.15, 0.2) is 24.3 Å². The Balaban J connectivity index is 2.14. The van der Waals surface area contributed by atoms with E-state index >= 15 is 0 Å². The molecule has 0 radical (unpaired) electrons. The van der Waals surface area contributed by atoms with Crippen molar-refractivity contribution in [3.63, 3.8) is 0 Å². The minimum Gasteiger partial charge on any atom is -0.318 e. The third kappa shape index (κ3) is 3.12. The third-order valence-electron chi connectivity index (χ3n) is 2.87. The quantitative estimate of drug-likeness (QED) is 0.856. The summed E-state index contributed by atoms with van der Waals surface area (Å²) in [5, 5.41) is 1.86. The summed E-state index contributed by atoms with van der Waals surface area (Å²) in [4.78, 5) is 0. The molecule has 0 unspecified atom stereocenters. The molecule has 1 aliphatic rings. The lowest BCUT2D eigenvalue weighted by Gasteiger charge is -2.29. The monoisotopic (exact) mass is 244 g/mol. The number of alkyl halides is 3. The van der Waals surface area contributed by atoms with Crippen LogP contribution in [0, 0.1) is 0 Å². The topological polar surface area (TPSA) is 15.3 Å². The van der Waals surface area contributed by atoms with Gasteiger partial charge in [-0.25, -0.2) is 5.01 Å². The van der Waals surface area contributed by atoms with Crippen LogP contribution in [0.2, 0.25) is 0 Å². The van der Waals surface area contributed by atoms with Gasteiger partial charge in [0.1, 0.15) is 0 Å². The standard InChI is InChI=1S/C12H15F3N2/c13-12(14,15)10-6-2-3-7-11(10)16-17-8-4-1-5-9-17/h2-3,6-7,16H,1,4-5,8-9H2. The molecule has 0 saturated carbocycles. The smallest absolute Gasteiger partial charge is 0.318 e. The Morgan fingerprint density at radius 2 is 1.65 bits per heavy atom. The lowest BCUT2D eigenvalue weighted by Crippen LogP contribution is -2.35. The van der Waals surface area contributed by atoms with Gasteiger partial charge < -0.3 is 5.43 Å². The first-order chi connectivity index (χ1) is 8.07. The zero-order valence-corrected chi connectivity index (χ0v) is 9.43. The summed E-state index contributed by atoms with van der Waals surface area (Å²) in [6, 6.07) is 5.59. The molecule has 1 heterocycles. The van der Waals surface area contributed by atoms with E-state index in [1.54, 1.807) is 6.07 Å². The number of rotatable bonds is 2. The van der Waals surface area contributed by atoms with Crippen molar-refractivity contribution in [2.45, 2.75) is 25.4 Å². The molecule has 0 aromatic heterocycles. The normalized spacial score (nSPS) is 18.1. The molecule has 94 valence electrons. The zero-order valence-electron chi connectivity index (χ0n) is 9.43. The number of anilines is 1. The predicted octanol–water partition coefficient (Wildman–Crippen LogP) is 3.52. The molecule has 1 aromatic carbocycles. The number of hydrogen-bond donors (Lipinski definition) is 1. The van der Waals surface area contributed by atoms with Gasteiger partial charge in [-0.2, -0.15) is 13.2 Å². The van der Waals surface area contributed by atoms with Crippen molar-refractivity contribution in [3.05, 3.63) is 29.8 Å². The van der Waals surface area contributed by atoms with Gasteiger partial charge in [0.2, 0.25) is 0 Å². The van der Waals surface area contributed by atoms with Crippen LogP contribution in [0.1, 0.15) is 24.8 Å². The van der Waals surface area contributed by atoms with Crippen molar-refractivity contribution in [1.29, 1.82) is 0 Å². The fourth-order valence-electron chi connectivity index (χ4n) is 2.00. The second-order valence-electron chi connectivity index (χ2n) is 4.20. The molecule has 0 amide bonds. The van der Waals surface area contributed by atoms with Crippen LogP contribution in [-0.2, 0) is 6.18 Å². The summed E-state index contributed by atoms with van der Waals surface area (Å²) in [6.07, 6.45) is -1.10. The molecule has 1 N–H and O–H groups in total. The molecule has 1 saturated heterocycles. The molecule has 5 heteroatoms. The Hall–Kier alpha value is -1.23. The molecule has 0 bridgehead atoms.